The Hall–Kier alpha value is -1.92. The summed E-state index contributed by atoms with van der Waals surface area (Å²) in [5.74, 6) is 0.359. The quantitative estimate of drug-likeness (QED) is 0.894. The summed E-state index contributed by atoms with van der Waals surface area (Å²) in [6.07, 6.45) is 6.30. The maximum atomic E-state index is 12.2. The minimum atomic E-state index is -0.395. The van der Waals surface area contributed by atoms with Gasteiger partial charge in [-0.05, 0) is 30.4 Å². The van der Waals surface area contributed by atoms with Crippen molar-refractivity contribution in [1.82, 2.24) is 15.5 Å². The minimum Gasteiger partial charge on any atom is -0.353 e. The lowest BCUT2D eigenvalue weighted by atomic mass is 9.86. The number of hydrogen-bond acceptors (Lipinski definition) is 4. The number of aromatic amines is 1. The van der Waals surface area contributed by atoms with Gasteiger partial charge in [-0.3, -0.25) is 9.89 Å². The van der Waals surface area contributed by atoms with E-state index in [1.165, 1.54) is 0 Å². The van der Waals surface area contributed by atoms with E-state index >= 15 is 0 Å². The van der Waals surface area contributed by atoms with Gasteiger partial charge in [0.05, 0.1) is 24.7 Å². The maximum absolute atomic E-state index is 12.2. The van der Waals surface area contributed by atoms with Crippen LogP contribution >= 0.6 is 0 Å². The lowest BCUT2D eigenvalue weighted by Gasteiger charge is -2.34. The fourth-order valence-corrected chi connectivity index (χ4v) is 3.75. The van der Waals surface area contributed by atoms with Crippen molar-refractivity contribution in [3.05, 3.63) is 30.0 Å². The molecule has 1 aromatic carbocycles. The average molecular weight is 343 g/mol. The number of hydrogen-bond donors (Lipinski definition) is 2. The monoisotopic (exact) mass is 343 g/mol. The molecule has 0 unspecified atom stereocenters. The lowest BCUT2D eigenvalue weighted by Crippen LogP contribution is -2.38. The number of fused-ring (bicyclic) bond motifs is 1. The SMILES string of the molecule is CC1CCC2(CC1)OC[C@H](CNC(=O)Cc1ccc3cn[nH]c3c1)O2. The molecule has 2 aliphatic rings. The van der Waals surface area contributed by atoms with Crippen molar-refractivity contribution in [3.8, 4) is 0 Å². The van der Waals surface area contributed by atoms with Gasteiger partial charge in [0.2, 0.25) is 5.91 Å². The van der Waals surface area contributed by atoms with Gasteiger partial charge >= 0.3 is 0 Å². The molecular formula is C19H25N3O3. The number of benzene rings is 1. The van der Waals surface area contributed by atoms with Crippen LogP contribution in [0.5, 0.6) is 0 Å². The molecule has 4 rings (SSSR count). The van der Waals surface area contributed by atoms with Gasteiger partial charge in [0.25, 0.3) is 0 Å². The third-order valence-electron chi connectivity index (χ3n) is 5.35. The van der Waals surface area contributed by atoms with Crippen molar-refractivity contribution in [3.63, 3.8) is 0 Å². The second kappa shape index (κ2) is 6.77. The number of nitrogens with zero attached hydrogens (tertiary/aromatic N) is 1. The van der Waals surface area contributed by atoms with Crippen molar-refractivity contribution in [2.45, 2.75) is 50.9 Å². The Labute approximate surface area is 147 Å². The number of carbonyl (C=O) groups is 1. The Morgan fingerprint density at radius 3 is 3.08 bits per heavy atom. The molecular weight excluding hydrogens is 318 g/mol. The van der Waals surface area contributed by atoms with E-state index in [9.17, 15) is 4.79 Å². The first-order chi connectivity index (χ1) is 12.1. The number of amides is 1. The van der Waals surface area contributed by atoms with Crippen LogP contribution in [0, 0.1) is 5.92 Å². The number of aromatic nitrogens is 2. The number of rotatable bonds is 4. The third kappa shape index (κ3) is 3.70. The molecule has 1 amide bonds. The van der Waals surface area contributed by atoms with Gasteiger partial charge in [-0.15, -0.1) is 0 Å². The van der Waals surface area contributed by atoms with Gasteiger partial charge in [0.15, 0.2) is 5.79 Å². The summed E-state index contributed by atoms with van der Waals surface area (Å²) in [6.45, 7) is 3.34. The molecule has 25 heavy (non-hydrogen) atoms. The molecule has 1 aromatic heterocycles. The van der Waals surface area contributed by atoms with E-state index in [-0.39, 0.29) is 12.0 Å². The van der Waals surface area contributed by atoms with Crippen LogP contribution in [0.1, 0.15) is 38.2 Å². The molecule has 0 radical (unpaired) electrons. The van der Waals surface area contributed by atoms with E-state index in [0.29, 0.717) is 19.6 Å². The molecule has 1 saturated carbocycles. The fraction of sp³-hybridized carbons (Fsp3) is 0.579. The molecule has 1 atom stereocenters. The molecule has 1 aliphatic carbocycles. The highest BCUT2D eigenvalue weighted by molar-refractivity contribution is 5.82. The molecule has 2 heterocycles. The van der Waals surface area contributed by atoms with E-state index in [1.807, 2.05) is 18.2 Å². The summed E-state index contributed by atoms with van der Waals surface area (Å²) < 4.78 is 12.1. The first kappa shape index (κ1) is 16.5. The molecule has 2 N–H and O–H groups in total. The predicted octanol–water partition coefficient (Wildman–Crippen LogP) is 2.54. The summed E-state index contributed by atoms with van der Waals surface area (Å²) in [5, 5.41) is 11.0. The summed E-state index contributed by atoms with van der Waals surface area (Å²) in [7, 11) is 0. The van der Waals surface area contributed by atoms with Crippen LogP contribution in [0.2, 0.25) is 0 Å². The average Bonchev–Trinajstić information content (AvgIpc) is 3.23. The summed E-state index contributed by atoms with van der Waals surface area (Å²) in [6, 6.07) is 5.91. The van der Waals surface area contributed by atoms with Crippen LogP contribution in [0.3, 0.4) is 0 Å². The van der Waals surface area contributed by atoms with Crippen molar-refractivity contribution < 1.29 is 14.3 Å². The van der Waals surface area contributed by atoms with Crippen LogP contribution in [0.15, 0.2) is 24.4 Å². The van der Waals surface area contributed by atoms with Gasteiger partial charge < -0.3 is 14.8 Å². The lowest BCUT2D eigenvalue weighted by molar-refractivity contribution is -0.191. The van der Waals surface area contributed by atoms with Crippen LogP contribution < -0.4 is 5.32 Å². The highest BCUT2D eigenvalue weighted by Gasteiger charge is 2.43. The van der Waals surface area contributed by atoms with Gasteiger partial charge in [-0.25, -0.2) is 0 Å². The van der Waals surface area contributed by atoms with Gasteiger partial charge in [0, 0.05) is 24.8 Å². The standard InChI is InChI=1S/C19H25N3O3/c1-13-4-6-19(7-5-13)24-12-16(25-19)11-20-18(23)9-14-2-3-15-10-21-22-17(15)8-14/h2-3,8,10,13,16H,4-7,9,11-12H2,1H3,(H,20,23)(H,21,22)/t13?,16-,19?/m0/s1. The smallest absolute Gasteiger partial charge is 0.224 e. The van der Waals surface area contributed by atoms with E-state index in [0.717, 1.165) is 48.1 Å². The second-order valence-electron chi connectivity index (χ2n) is 7.42. The fourth-order valence-electron chi connectivity index (χ4n) is 3.75. The number of H-pyrrole nitrogens is 1. The minimum absolute atomic E-state index is 0.000631. The van der Waals surface area contributed by atoms with E-state index in [1.54, 1.807) is 6.20 Å². The molecule has 2 fully saturated rings. The maximum Gasteiger partial charge on any atom is 0.224 e. The molecule has 6 nitrogen and oxygen atoms in total. The topological polar surface area (TPSA) is 76.2 Å². The molecule has 1 aliphatic heterocycles. The number of nitrogens with one attached hydrogen (secondary N) is 2. The molecule has 1 saturated heterocycles. The molecule has 134 valence electrons. The first-order valence-electron chi connectivity index (χ1n) is 9.12. The number of ether oxygens (including phenoxy) is 2. The second-order valence-corrected chi connectivity index (χ2v) is 7.42. The van der Waals surface area contributed by atoms with Crippen molar-refractivity contribution in [2.75, 3.05) is 13.2 Å². The third-order valence-corrected chi connectivity index (χ3v) is 5.35. The Balaban J connectivity index is 1.26. The zero-order valence-electron chi connectivity index (χ0n) is 14.6. The predicted molar refractivity (Wildman–Crippen MR) is 94.0 cm³/mol. The highest BCUT2D eigenvalue weighted by Crippen LogP contribution is 2.39. The summed E-state index contributed by atoms with van der Waals surface area (Å²) in [4.78, 5) is 12.2. The van der Waals surface area contributed by atoms with Crippen molar-refractivity contribution >= 4 is 16.8 Å². The normalized spacial score (nSPS) is 29.3. The van der Waals surface area contributed by atoms with Gasteiger partial charge in [-0.1, -0.05) is 19.1 Å². The van der Waals surface area contributed by atoms with E-state index in [4.69, 9.17) is 9.47 Å². The Morgan fingerprint density at radius 1 is 1.40 bits per heavy atom. The van der Waals surface area contributed by atoms with E-state index < -0.39 is 5.79 Å². The van der Waals surface area contributed by atoms with Crippen LogP contribution in [-0.2, 0) is 20.7 Å². The molecule has 6 heteroatoms. The summed E-state index contributed by atoms with van der Waals surface area (Å²) >= 11 is 0. The Bertz CT molecular complexity index is 749. The zero-order valence-corrected chi connectivity index (χ0v) is 14.6. The van der Waals surface area contributed by atoms with Gasteiger partial charge in [0.1, 0.15) is 6.10 Å². The van der Waals surface area contributed by atoms with Gasteiger partial charge in [-0.2, -0.15) is 5.10 Å². The van der Waals surface area contributed by atoms with Crippen molar-refractivity contribution in [2.24, 2.45) is 5.92 Å². The first-order valence-corrected chi connectivity index (χ1v) is 9.12. The largest absolute Gasteiger partial charge is 0.353 e. The zero-order chi connectivity index (χ0) is 17.3. The Morgan fingerprint density at radius 2 is 2.24 bits per heavy atom. The molecule has 2 aromatic rings. The van der Waals surface area contributed by atoms with Crippen LogP contribution in [0.25, 0.3) is 10.9 Å². The van der Waals surface area contributed by atoms with Crippen molar-refractivity contribution in [1.29, 1.82) is 0 Å². The van der Waals surface area contributed by atoms with Crippen LogP contribution in [0.4, 0.5) is 0 Å². The summed E-state index contributed by atoms with van der Waals surface area (Å²) in [5.41, 5.74) is 1.92. The highest BCUT2D eigenvalue weighted by atomic mass is 16.7. The number of carbonyl (C=O) groups excluding carboxylic acids is 1. The van der Waals surface area contributed by atoms with E-state index in [2.05, 4.69) is 22.4 Å². The Kier molecular flexibility index (Phi) is 4.48. The molecule has 0 bridgehead atoms. The van der Waals surface area contributed by atoms with Crippen LogP contribution in [-0.4, -0.2) is 41.1 Å². The molecule has 1 spiro atoms.